The Morgan fingerprint density at radius 3 is 2.70 bits per heavy atom. The maximum Gasteiger partial charge on any atom is 0.271 e. The van der Waals surface area contributed by atoms with E-state index in [1.807, 2.05) is 0 Å². The van der Waals surface area contributed by atoms with Crippen LogP contribution in [-0.4, -0.2) is 48.5 Å². The molecule has 0 saturated carbocycles. The molecule has 0 unspecified atom stereocenters. The zero-order chi connectivity index (χ0) is 13.9. The Morgan fingerprint density at radius 1 is 1.35 bits per heavy atom. The number of amides is 1. The number of nitrogens with zero attached hydrogens (tertiary/aromatic N) is 3. The fourth-order valence-corrected chi connectivity index (χ4v) is 1.22. The van der Waals surface area contributed by atoms with E-state index >= 15 is 0 Å². The summed E-state index contributed by atoms with van der Waals surface area (Å²) in [6, 6.07) is 0. The molecule has 0 bridgehead atoms. The summed E-state index contributed by atoms with van der Waals surface area (Å²) in [5.41, 5.74) is 0.289. The van der Waals surface area contributed by atoms with Gasteiger partial charge in [0.15, 0.2) is 5.96 Å². The van der Waals surface area contributed by atoms with Gasteiger partial charge in [-0.15, -0.1) is 30.4 Å². The second-order valence-corrected chi connectivity index (χ2v) is 3.40. The summed E-state index contributed by atoms with van der Waals surface area (Å²) in [5, 5.41) is 8.62. The highest BCUT2D eigenvalue weighted by Crippen LogP contribution is 1.88. The molecular weight excluding hydrogens is 371 g/mol. The quantitative estimate of drug-likeness (QED) is 0.210. The molecule has 1 aromatic rings. The Labute approximate surface area is 135 Å². The zero-order valence-electron chi connectivity index (χ0n) is 11.1. The molecule has 0 saturated heterocycles. The van der Waals surface area contributed by atoms with E-state index in [2.05, 4.69) is 36.8 Å². The van der Waals surface area contributed by atoms with Crippen molar-refractivity contribution in [1.29, 1.82) is 0 Å². The van der Waals surface area contributed by atoms with Gasteiger partial charge in [0, 0.05) is 32.5 Å². The number of rotatable bonds is 5. The van der Waals surface area contributed by atoms with Gasteiger partial charge in [-0.3, -0.25) is 14.8 Å². The van der Waals surface area contributed by atoms with Gasteiger partial charge in [0.1, 0.15) is 5.69 Å². The number of hydrogen-bond acceptors (Lipinski definition) is 4. The molecular formula is C12H17IN6O. The van der Waals surface area contributed by atoms with Crippen LogP contribution in [-0.2, 0) is 0 Å². The van der Waals surface area contributed by atoms with Gasteiger partial charge in [-0.1, -0.05) is 5.92 Å². The summed E-state index contributed by atoms with van der Waals surface area (Å²) in [5.74, 6) is 2.77. The lowest BCUT2D eigenvalue weighted by Gasteiger charge is -2.10. The number of carbonyl (C=O) groups is 1. The SMILES string of the molecule is C#CCNC(=NC)NCCNC(=O)c1cnccn1.I. The third kappa shape index (κ3) is 6.89. The van der Waals surface area contributed by atoms with Crippen LogP contribution >= 0.6 is 24.0 Å². The molecule has 1 rings (SSSR count). The molecule has 108 valence electrons. The van der Waals surface area contributed by atoms with E-state index in [1.165, 1.54) is 18.6 Å². The number of hydrogen-bond donors (Lipinski definition) is 3. The predicted octanol–water partition coefficient (Wildman–Crippen LogP) is -0.377. The van der Waals surface area contributed by atoms with Crippen LogP contribution in [0.3, 0.4) is 0 Å². The van der Waals surface area contributed by atoms with Gasteiger partial charge >= 0.3 is 0 Å². The van der Waals surface area contributed by atoms with Crippen LogP contribution in [0.15, 0.2) is 23.6 Å². The molecule has 0 aliphatic carbocycles. The molecule has 0 aliphatic rings. The zero-order valence-corrected chi connectivity index (χ0v) is 13.4. The van der Waals surface area contributed by atoms with E-state index in [4.69, 9.17) is 6.42 Å². The van der Waals surface area contributed by atoms with E-state index < -0.39 is 0 Å². The Kier molecular flexibility index (Phi) is 9.94. The smallest absolute Gasteiger partial charge is 0.271 e. The minimum atomic E-state index is -0.263. The molecule has 7 nitrogen and oxygen atoms in total. The number of nitrogens with one attached hydrogen (secondary N) is 3. The van der Waals surface area contributed by atoms with E-state index in [1.54, 1.807) is 7.05 Å². The summed E-state index contributed by atoms with van der Waals surface area (Å²) in [7, 11) is 1.64. The van der Waals surface area contributed by atoms with Gasteiger partial charge < -0.3 is 16.0 Å². The summed E-state index contributed by atoms with van der Waals surface area (Å²) < 4.78 is 0. The number of aromatic nitrogens is 2. The highest BCUT2D eigenvalue weighted by Gasteiger charge is 2.05. The molecule has 20 heavy (non-hydrogen) atoms. The fraction of sp³-hybridized carbons (Fsp3) is 0.333. The highest BCUT2D eigenvalue weighted by atomic mass is 127. The molecule has 0 aliphatic heterocycles. The van der Waals surface area contributed by atoms with Gasteiger partial charge in [0.25, 0.3) is 5.91 Å². The van der Waals surface area contributed by atoms with Crippen LogP contribution in [0, 0.1) is 12.3 Å². The summed E-state index contributed by atoms with van der Waals surface area (Å²) in [6.07, 6.45) is 9.52. The van der Waals surface area contributed by atoms with Crippen LogP contribution in [0.4, 0.5) is 0 Å². The van der Waals surface area contributed by atoms with E-state index in [9.17, 15) is 4.79 Å². The van der Waals surface area contributed by atoms with Gasteiger partial charge in [-0.25, -0.2) is 4.98 Å². The van der Waals surface area contributed by atoms with E-state index in [0.29, 0.717) is 25.6 Å². The average molecular weight is 388 g/mol. The molecule has 8 heteroatoms. The van der Waals surface area contributed by atoms with Crippen LogP contribution in [0.1, 0.15) is 10.5 Å². The molecule has 1 amide bonds. The fourth-order valence-electron chi connectivity index (χ4n) is 1.22. The lowest BCUT2D eigenvalue weighted by molar-refractivity contribution is 0.0949. The van der Waals surface area contributed by atoms with Crippen molar-refractivity contribution in [2.45, 2.75) is 0 Å². The maximum absolute atomic E-state index is 11.6. The number of carbonyl (C=O) groups excluding carboxylic acids is 1. The van der Waals surface area contributed by atoms with Gasteiger partial charge in [-0.2, -0.15) is 0 Å². The summed E-state index contributed by atoms with van der Waals surface area (Å²) in [6.45, 7) is 1.36. The molecule has 0 spiro atoms. The largest absolute Gasteiger partial charge is 0.355 e. The first kappa shape index (κ1) is 18.1. The summed E-state index contributed by atoms with van der Waals surface area (Å²) in [4.78, 5) is 23.3. The van der Waals surface area contributed by atoms with Crippen molar-refractivity contribution in [2.75, 3.05) is 26.7 Å². The monoisotopic (exact) mass is 388 g/mol. The Balaban J connectivity index is 0.00000361. The second kappa shape index (κ2) is 11.0. The average Bonchev–Trinajstić information content (AvgIpc) is 2.47. The molecule has 1 heterocycles. The lowest BCUT2D eigenvalue weighted by Crippen LogP contribution is -2.41. The summed E-state index contributed by atoms with van der Waals surface area (Å²) >= 11 is 0. The third-order valence-corrected chi connectivity index (χ3v) is 2.08. The van der Waals surface area contributed by atoms with Gasteiger partial charge in [0.05, 0.1) is 12.7 Å². The number of guanidine groups is 1. The predicted molar refractivity (Wildman–Crippen MR) is 88.0 cm³/mol. The minimum Gasteiger partial charge on any atom is -0.355 e. The first-order valence-electron chi connectivity index (χ1n) is 5.70. The van der Waals surface area contributed by atoms with Gasteiger partial charge in [0.2, 0.25) is 0 Å². The highest BCUT2D eigenvalue weighted by molar-refractivity contribution is 14.0. The topological polar surface area (TPSA) is 91.3 Å². The second-order valence-electron chi connectivity index (χ2n) is 3.40. The Hall–Kier alpha value is -1.89. The van der Waals surface area contributed by atoms with Gasteiger partial charge in [-0.05, 0) is 0 Å². The van der Waals surface area contributed by atoms with E-state index in [0.717, 1.165) is 0 Å². The Bertz CT molecular complexity index is 471. The van der Waals surface area contributed by atoms with Crippen molar-refractivity contribution >= 4 is 35.8 Å². The maximum atomic E-state index is 11.6. The van der Waals surface area contributed by atoms with Crippen LogP contribution < -0.4 is 16.0 Å². The number of terminal acetylenes is 1. The van der Waals surface area contributed by atoms with Crippen molar-refractivity contribution in [1.82, 2.24) is 25.9 Å². The van der Waals surface area contributed by atoms with Crippen molar-refractivity contribution in [3.05, 3.63) is 24.3 Å². The van der Waals surface area contributed by atoms with E-state index in [-0.39, 0.29) is 35.6 Å². The van der Waals surface area contributed by atoms with Crippen molar-refractivity contribution in [3.63, 3.8) is 0 Å². The molecule has 0 fully saturated rings. The first-order chi connectivity index (χ1) is 9.27. The van der Waals surface area contributed by atoms with Crippen LogP contribution in [0.25, 0.3) is 0 Å². The third-order valence-electron chi connectivity index (χ3n) is 2.08. The Morgan fingerprint density at radius 2 is 2.10 bits per heavy atom. The molecule has 1 aromatic heterocycles. The molecule has 0 atom stereocenters. The van der Waals surface area contributed by atoms with Crippen molar-refractivity contribution < 1.29 is 4.79 Å². The van der Waals surface area contributed by atoms with Crippen LogP contribution in [0.2, 0.25) is 0 Å². The molecule has 3 N–H and O–H groups in total. The normalized spacial score (nSPS) is 9.90. The minimum absolute atomic E-state index is 0. The lowest BCUT2D eigenvalue weighted by atomic mass is 10.4. The molecule has 0 aromatic carbocycles. The first-order valence-corrected chi connectivity index (χ1v) is 5.70. The number of aliphatic imine (C=N–C) groups is 1. The van der Waals surface area contributed by atoms with Crippen molar-refractivity contribution in [2.24, 2.45) is 4.99 Å². The van der Waals surface area contributed by atoms with Crippen molar-refractivity contribution in [3.8, 4) is 12.3 Å². The molecule has 0 radical (unpaired) electrons. The number of halogens is 1. The van der Waals surface area contributed by atoms with Crippen LogP contribution in [0.5, 0.6) is 0 Å². The standard InChI is InChI=1S/C12H16N6O.HI/c1-3-4-17-12(13-2)18-8-7-16-11(19)10-9-14-5-6-15-10;/h1,5-6,9H,4,7-8H2,2H3,(H,16,19)(H2,13,17,18);1H.